The molecule has 0 aliphatic carbocycles. The molecule has 2 amide bonds. The average Bonchev–Trinajstić information content (AvgIpc) is 3.34. The van der Waals surface area contributed by atoms with Crippen LogP contribution in [0.25, 0.3) is 0 Å². The Kier molecular flexibility index (Phi) is 9.73. The molecule has 9 heteroatoms. The van der Waals surface area contributed by atoms with Crippen LogP contribution < -0.4 is 19.5 Å². The summed E-state index contributed by atoms with van der Waals surface area (Å²) in [5.41, 5.74) is 2.53. The van der Waals surface area contributed by atoms with Crippen LogP contribution in [-0.2, 0) is 14.9 Å². The molecule has 0 radical (unpaired) electrons. The lowest BCUT2D eigenvalue weighted by Crippen LogP contribution is -2.48. The van der Waals surface area contributed by atoms with Crippen LogP contribution in [0.1, 0.15) is 54.1 Å². The van der Waals surface area contributed by atoms with Gasteiger partial charge in [0.2, 0.25) is 11.7 Å². The smallest absolute Gasteiger partial charge is 0.256 e. The number of carbonyl (C=O) groups excluding carboxylic acids is 2. The first-order valence-corrected chi connectivity index (χ1v) is 13.3. The average molecular weight is 531 g/mol. The molecule has 3 rings (SSSR count). The van der Waals surface area contributed by atoms with Crippen LogP contribution >= 0.6 is 11.8 Å². The number of rotatable bonds is 10. The molecule has 2 unspecified atom stereocenters. The van der Waals surface area contributed by atoms with E-state index >= 15 is 0 Å². The van der Waals surface area contributed by atoms with Crippen molar-refractivity contribution in [3.05, 3.63) is 53.1 Å². The summed E-state index contributed by atoms with van der Waals surface area (Å²) in [6.45, 7) is 7.52. The van der Waals surface area contributed by atoms with E-state index in [0.29, 0.717) is 48.1 Å². The fraction of sp³-hybridized carbons (Fsp3) is 0.500. The summed E-state index contributed by atoms with van der Waals surface area (Å²) in [5, 5.41) is 2.64. The molecule has 0 saturated carbocycles. The van der Waals surface area contributed by atoms with E-state index in [0.717, 1.165) is 5.56 Å². The van der Waals surface area contributed by atoms with Crippen molar-refractivity contribution in [2.75, 3.05) is 47.3 Å². The highest BCUT2D eigenvalue weighted by Gasteiger charge is 2.43. The second kappa shape index (κ2) is 12.6. The van der Waals surface area contributed by atoms with Gasteiger partial charge in [-0.3, -0.25) is 9.59 Å². The Morgan fingerprint density at radius 1 is 1.00 bits per heavy atom. The summed E-state index contributed by atoms with van der Waals surface area (Å²) in [7, 11) is 6.16. The maximum absolute atomic E-state index is 14.0. The van der Waals surface area contributed by atoms with Gasteiger partial charge in [0.05, 0.1) is 21.3 Å². The van der Waals surface area contributed by atoms with Crippen molar-refractivity contribution in [2.24, 2.45) is 0 Å². The predicted molar refractivity (Wildman–Crippen MR) is 146 cm³/mol. The molecule has 1 aliphatic rings. The molecule has 1 fully saturated rings. The van der Waals surface area contributed by atoms with E-state index in [9.17, 15) is 9.59 Å². The van der Waals surface area contributed by atoms with Crippen molar-refractivity contribution in [3.63, 3.8) is 0 Å². The van der Waals surface area contributed by atoms with Crippen LogP contribution in [0.5, 0.6) is 17.2 Å². The highest BCUT2D eigenvalue weighted by atomic mass is 32.2. The molecule has 1 saturated heterocycles. The van der Waals surface area contributed by atoms with Gasteiger partial charge in [0.25, 0.3) is 5.91 Å². The van der Waals surface area contributed by atoms with E-state index in [-0.39, 0.29) is 22.6 Å². The number of ether oxygens (including phenoxy) is 4. The maximum atomic E-state index is 14.0. The second-order valence-electron chi connectivity index (χ2n) is 9.84. The number of methoxy groups -OCH3 is 4. The molecule has 0 aromatic heterocycles. The Morgan fingerprint density at radius 2 is 1.62 bits per heavy atom. The van der Waals surface area contributed by atoms with E-state index in [2.05, 4.69) is 38.2 Å². The molecule has 1 aliphatic heterocycles. The zero-order valence-corrected chi connectivity index (χ0v) is 23.6. The third-order valence-corrected chi connectivity index (χ3v) is 7.66. The standard InChI is InChI=1S/C28H38N2O6S/c1-28(2,3)20-11-9-18(10-12-20)27-30(21(17-37-27)25(31)29-13-8-14-33-4)26(32)19-15-22(34-5)24(36-7)23(16-19)35-6/h9-12,15-16,21,27H,8,13-14,17H2,1-7H3,(H,29,31). The Balaban J connectivity index is 1.99. The van der Waals surface area contributed by atoms with Gasteiger partial charge in [0, 0.05) is 31.6 Å². The fourth-order valence-electron chi connectivity index (χ4n) is 4.26. The van der Waals surface area contributed by atoms with Gasteiger partial charge in [0.1, 0.15) is 11.4 Å². The van der Waals surface area contributed by atoms with E-state index in [1.807, 2.05) is 12.1 Å². The lowest BCUT2D eigenvalue weighted by molar-refractivity contribution is -0.124. The van der Waals surface area contributed by atoms with Gasteiger partial charge >= 0.3 is 0 Å². The number of nitrogens with zero attached hydrogens (tertiary/aromatic N) is 1. The molecular formula is C28H38N2O6S. The summed E-state index contributed by atoms with van der Waals surface area (Å²) in [5.74, 6) is 1.17. The second-order valence-corrected chi connectivity index (χ2v) is 11.0. The summed E-state index contributed by atoms with van der Waals surface area (Å²) < 4.78 is 21.4. The number of benzene rings is 2. The number of carbonyl (C=O) groups is 2. The van der Waals surface area contributed by atoms with Crippen LogP contribution in [0.3, 0.4) is 0 Å². The lowest BCUT2D eigenvalue weighted by Gasteiger charge is -2.30. The molecule has 202 valence electrons. The van der Waals surface area contributed by atoms with Crippen molar-refractivity contribution in [2.45, 2.75) is 44.0 Å². The molecule has 0 bridgehead atoms. The lowest BCUT2D eigenvalue weighted by atomic mass is 9.86. The van der Waals surface area contributed by atoms with Crippen molar-refractivity contribution in [1.29, 1.82) is 0 Å². The van der Waals surface area contributed by atoms with Gasteiger partial charge in [-0.15, -0.1) is 11.8 Å². The third kappa shape index (κ3) is 6.51. The summed E-state index contributed by atoms with van der Waals surface area (Å²) in [6.07, 6.45) is 0.695. The van der Waals surface area contributed by atoms with E-state index in [4.69, 9.17) is 18.9 Å². The minimum atomic E-state index is -0.633. The molecule has 2 aromatic rings. The third-order valence-electron chi connectivity index (χ3n) is 6.34. The zero-order valence-electron chi connectivity index (χ0n) is 22.8. The minimum absolute atomic E-state index is 0.0116. The fourth-order valence-corrected chi connectivity index (χ4v) is 5.69. The number of hydrogen-bond acceptors (Lipinski definition) is 7. The van der Waals surface area contributed by atoms with Gasteiger partial charge in [-0.1, -0.05) is 45.0 Å². The molecule has 0 spiro atoms. The number of amides is 2. The summed E-state index contributed by atoms with van der Waals surface area (Å²) in [6, 6.07) is 10.9. The maximum Gasteiger partial charge on any atom is 0.256 e. The van der Waals surface area contributed by atoms with Crippen LogP contribution in [0, 0.1) is 0 Å². The van der Waals surface area contributed by atoms with Gasteiger partial charge < -0.3 is 29.2 Å². The molecule has 2 aromatic carbocycles. The van der Waals surface area contributed by atoms with Crippen molar-refractivity contribution in [1.82, 2.24) is 10.2 Å². The Morgan fingerprint density at radius 3 is 2.14 bits per heavy atom. The summed E-state index contributed by atoms with van der Waals surface area (Å²) in [4.78, 5) is 28.9. The van der Waals surface area contributed by atoms with Gasteiger partial charge in [-0.25, -0.2) is 0 Å². The Bertz CT molecular complexity index is 1060. The minimum Gasteiger partial charge on any atom is -0.493 e. The van der Waals surface area contributed by atoms with Gasteiger partial charge in [-0.2, -0.15) is 0 Å². The number of nitrogens with one attached hydrogen (secondary N) is 1. The molecule has 8 nitrogen and oxygen atoms in total. The molecule has 37 heavy (non-hydrogen) atoms. The first-order chi connectivity index (χ1) is 17.7. The van der Waals surface area contributed by atoms with Crippen molar-refractivity contribution >= 4 is 23.6 Å². The quantitative estimate of drug-likeness (QED) is 0.455. The Labute approximate surface area is 224 Å². The normalized spacial score (nSPS) is 17.4. The van der Waals surface area contributed by atoms with E-state index < -0.39 is 6.04 Å². The first-order valence-electron chi connectivity index (χ1n) is 12.3. The van der Waals surface area contributed by atoms with Crippen LogP contribution in [0.4, 0.5) is 0 Å². The van der Waals surface area contributed by atoms with E-state index in [1.54, 1.807) is 35.9 Å². The van der Waals surface area contributed by atoms with Gasteiger partial charge in [0.15, 0.2) is 11.5 Å². The molecular weight excluding hydrogens is 492 g/mol. The van der Waals surface area contributed by atoms with Crippen molar-refractivity contribution in [3.8, 4) is 17.2 Å². The zero-order chi connectivity index (χ0) is 27.2. The number of hydrogen-bond donors (Lipinski definition) is 1. The van der Waals surface area contributed by atoms with Crippen LogP contribution in [0.15, 0.2) is 36.4 Å². The number of thioether (sulfide) groups is 1. The molecule has 1 heterocycles. The topological polar surface area (TPSA) is 86.3 Å². The first kappa shape index (κ1) is 28.7. The largest absolute Gasteiger partial charge is 0.493 e. The van der Waals surface area contributed by atoms with Crippen LogP contribution in [0.2, 0.25) is 0 Å². The van der Waals surface area contributed by atoms with Crippen molar-refractivity contribution < 1.29 is 28.5 Å². The van der Waals surface area contributed by atoms with Gasteiger partial charge in [-0.05, 0) is 35.1 Å². The highest BCUT2D eigenvalue weighted by molar-refractivity contribution is 7.99. The Hall–Kier alpha value is -2.91. The monoisotopic (exact) mass is 530 g/mol. The summed E-state index contributed by atoms with van der Waals surface area (Å²) >= 11 is 1.58. The van der Waals surface area contributed by atoms with Crippen LogP contribution in [-0.4, -0.2) is 70.1 Å². The predicted octanol–water partition coefficient (Wildman–Crippen LogP) is 4.42. The molecule has 2 atom stereocenters. The van der Waals surface area contributed by atoms with E-state index in [1.165, 1.54) is 26.9 Å². The highest BCUT2D eigenvalue weighted by Crippen LogP contribution is 2.44. The SMILES string of the molecule is COCCCNC(=O)C1CSC(c2ccc(C(C)(C)C)cc2)N1C(=O)c1cc(OC)c(OC)c(OC)c1. The molecule has 1 N–H and O–H groups in total.